The molecule has 0 aliphatic rings. The third kappa shape index (κ3) is 3.98. The fourth-order valence-electron chi connectivity index (χ4n) is 1.59. The molecule has 1 radical (unpaired) electrons. The lowest BCUT2D eigenvalue weighted by molar-refractivity contribution is 0.646. The fraction of sp³-hybridized carbons (Fsp3) is 0.357. The van der Waals surface area contributed by atoms with Crippen LogP contribution < -0.4 is 0 Å². The predicted octanol–water partition coefficient (Wildman–Crippen LogP) is 4.62. The summed E-state index contributed by atoms with van der Waals surface area (Å²) in [5, 5.41) is 0. The highest BCUT2D eigenvalue weighted by molar-refractivity contribution is 14.1. The molecule has 1 rings (SSSR count). The SMILES string of the molecule is C=C[C](C)c1cc(I)cc(CC(C)C)c1. The average molecular weight is 313 g/mol. The summed E-state index contributed by atoms with van der Waals surface area (Å²) in [6.07, 6.45) is 3.07. The molecule has 0 unspecified atom stereocenters. The summed E-state index contributed by atoms with van der Waals surface area (Å²) >= 11 is 2.38. The Hall–Kier alpha value is -0.310. The van der Waals surface area contributed by atoms with E-state index in [-0.39, 0.29) is 0 Å². The zero-order valence-electron chi connectivity index (χ0n) is 9.68. The zero-order valence-corrected chi connectivity index (χ0v) is 11.8. The molecule has 0 nitrogen and oxygen atoms in total. The molecule has 0 fully saturated rings. The van der Waals surface area contributed by atoms with Crippen LogP contribution in [0.4, 0.5) is 0 Å². The van der Waals surface area contributed by atoms with E-state index in [2.05, 4.69) is 68.1 Å². The maximum absolute atomic E-state index is 3.82. The molecule has 1 heteroatoms. The largest absolute Gasteiger partial charge is 0.102 e. The van der Waals surface area contributed by atoms with Gasteiger partial charge < -0.3 is 0 Å². The number of halogens is 1. The highest BCUT2D eigenvalue weighted by Gasteiger charge is 2.06. The van der Waals surface area contributed by atoms with E-state index in [9.17, 15) is 0 Å². The molecule has 0 amide bonds. The molecule has 0 atom stereocenters. The highest BCUT2D eigenvalue weighted by Crippen LogP contribution is 2.21. The van der Waals surface area contributed by atoms with Crippen LogP contribution in [0, 0.1) is 15.4 Å². The Labute approximate surface area is 107 Å². The maximum atomic E-state index is 3.82. The molecule has 0 aliphatic carbocycles. The van der Waals surface area contributed by atoms with E-state index in [1.54, 1.807) is 0 Å². The molecule has 0 heterocycles. The van der Waals surface area contributed by atoms with Gasteiger partial charge in [0.2, 0.25) is 0 Å². The molecule has 0 saturated carbocycles. The molecule has 0 aromatic heterocycles. The van der Waals surface area contributed by atoms with E-state index in [1.807, 2.05) is 6.08 Å². The Bertz CT molecular complexity index is 339. The van der Waals surface area contributed by atoms with Gasteiger partial charge in [0.15, 0.2) is 0 Å². The van der Waals surface area contributed by atoms with Crippen LogP contribution in [0.3, 0.4) is 0 Å². The van der Waals surface area contributed by atoms with E-state index in [4.69, 9.17) is 0 Å². The van der Waals surface area contributed by atoms with Crippen molar-refractivity contribution in [2.75, 3.05) is 0 Å². The molecule has 15 heavy (non-hydrogen) atoms. The normalized spacial score (nSPS) is 11.1. The van der Waals surface area contributed by atoms with Gasteiger partial charge in [-0.2, -0.15) is 0 Å². The van der Waals surface area contributed by atoms with Crippen LogP contribution in [0.25, 0.3) is 0 Å². The van der Waals surface area contributed by atoms with Gasteiger partial charge in [-0.3, -0.25) is 0 Å². The molecule has 0 saturated heterocycles. The predicted molar refractivity (Wildman–Crippen MR) is 75.9 cm³/mol. The van der Waals surface area contributed by atoms with E-state index in [1.165, 1.54) is 20.6 Å². The minimum absolute atomic E-state index is 0.708. The van der Waals surface area contributed by atoms with Crippen molar-refractivity contribution in [1.29, 1.82) is 0 Å². The number of allylic oxidation sites excluding steroid dienone is 1. The van der Waals surface area contributed by atoms with E-state index in [0.29, 0.717) is 5.92 Å². The third-order valence-electron chi connectivity index (χ3n) is 2.36. The lowest BCUT2D eigenvalue weighted by Gasteiger charge is -2.11. The van der Waals surface area contributed by atoms with E-state index >= 15 is 0 Å². The Balaban J connectivity index is 2.99. The molecule has 0 spiro atoms. The van der Waals surface area contributed by atoms with Crippen molar-refractivity contribution in [1.82, 2.24) is 0 Å². The van der Waals surface area contributed by atoms with Gasteiger partial charge in [0, 0.05) is 9.49 Å². The van der Waals surface area contributed by atoms with Crippen molar-refractivity contribution in [3.63, 3.8) is 0 Å². The van der Waals surface area contributed by atoms with Crippen molar-refractivity contribution < 1.29 is 0 Å². The summed E-state index contributed by atoms with van der Waals surface area (Å²) in [5.41, 5.74) is 2.72. The van der Waals surface area contributed by atoms with Crippen molar-refractivity contribution in [2.24, 2.45) is 5.92 Å². The van der Waals surface area contributed by atoms with Crippen LogP contribution in [0.15, 0.2) is 30.9 Å². The van der Waals surface area contributed by atoms with Crippen molar-refractivity contribution in [3.8, 4) is 0 Å². The quantitative estimate of drug-likeness (QED) is 0.712. The summed E-state index contributed by atoms with van der Waals surface area (Å²) in [4.78, 5) is 0. The lowest BCUT2D eigenvalue weighted by atomic mass is 9.96. The van der Waals surface area contributed by atoms with Gasteiger partial charge in [0.05, 0.1) is 0 Å². The summed E-state index contributed by atoms with van der Waals surface area (Å²) in [6.45, 7) is 10.4. The Morgan fingerprint density at radius 2 is 2.07 bits per heavy atom. The van der Waals surface area contributed by atoms with Gasteiger partial charge in [0.1, 0.15) is 0 Å². The van der Waals surface area contributed by atoms with Crippen molar-refractivity contribution >= 4 is 22.6 Å². The minimum atomic E-state index is 0.708. The second kappa shape index (κ2) is 5.69. The molecular formula is C14H18I. The van der Waals surface area contributed by atoms with Crippen LogP contribution in [0.5, 0.6) is 0 Å². The topological polar surface area (TPSA) is 0 Å². The summed E-state index contributed by atoms with van der Waals surface area (Å²) in [7, 11) is 0. The van der Waals surface area contributed by atoms with Gasteiger partial charge in [-0.25, -0.2) is 0 Å². The zero-order chi connectivity index (χ0) is 11.4. The lowest BCUT2D eigenvalue weighted by Crippen LogP contribution is -1.98. The minimum Gasteiger partial charge on any atom is -0.102 e. The Morgan fingerprint density at radius 3 is 2.60 bits per heavy atom. The van der Waals surface area contributed by atoms with Crippen LogP contribution in [-0.2, 0) is 6.42 Å². The Kier molecular flexibility index (Phi) is 4.84. The summed E-state index contributed by atoms with van der Waals surface area (Å²) in [6, 6.07) is 6.75. The van der Waals surface area contributed by atoms with Crippen LogP contribution in [0.2, 0.25) is 0 Å². The van der Waals surface area contributed by atoms with Crippen LogP contribution >= 0.6 is 22.6 Å². The second-order valence-corrected chi connectivity index (χ2v) is 5.58. The average Bonchev–Trinajstić information content (AvgIpc) is 2.14. The molecule has 1 aromatic rings. The van der Waals surface area contributed by atoms with E-state index < -0.39 is 0 Å². The number of rotatable bonds is 4. The molecule has 1 aromatic carbocycles. The van der Waals surface area contributed by atoms with Crippen molar-refractivity contribution in [2.45, 2.75) is 27.2 Å². The molecular weight excluding hydrogens is 295 g/mol. The first-order chi connectivity index (χ1) is 7.02. The van der Waals surface area contributed by atoms with Crippen molar-refractivity contribution in [3.05, 3.63) is 51.5 Å². The van der Waals surface area contributed by atoms with Gasteiger partial charge in [0.25, 0.3) is 0 Å². The fourth-order valence-corrected chi connectivity index (χ4v) is 2.32. The van der Waals surface area contributed by atoms with Gasteiger partial charge in [-0.1, -0.05) is 32.9 Å². The smallest absolute Gasteiger partial charge is 0.0230 e. The number of hydrogen-bond donors (Lipinski definition) is 0. The first-order valence-corrected chi connectivity index (χ1v) is 6.36. The second-order valence-electron chi connectivity index (χ2n) is 4.33. The first kappa shape index (κ1) is 12.8. The first-order valence-electron chi connectivity index (χ1n) is 5.28. The van der Waals surface area contributed by atoms with E-state index in [0.717, 1.165) is 6.42 Å². The van der Waals surface area contributed by atoms with Gasteiger partial charge >= 0.3 is 0 Å². The van der Waals surface area contributed by atoms with Crippen LogP contribution in [-0.4, -0.2) is 0 Å². The molecule has 0 N–H and O–H groups in total. The third-order valence-corrected chi connectivity index (χ3v) is 2.99. The maximum Gasteiger partial charge on any atom is 0.0230 e. The van der Waals surface area contributed by atoms with Crippen LogP contribution in [0.1, 0.15) is 31.9 Å². The summed E-state index contributed by atoms with van der Waals surface area (Å²) < 4.78 is 1.31. The number of hydrogen-bond acceptors (Lipinski definition) is 0. The highest BCUT2D eigenvalue weighted by atomic mass is 127. The van der Waals surface area contributed by atoms with Gasteiger partial charge in [-0.05, 0) is 58.2 Å². The molecule has 0 bridgehead atoms. The monoisotopic (exact) mass is 313 g/mol. The Morgan fingerprint density at radius 1 is 1.40 bits per heavy atom. The molecule has 0 aliphatic heterocycles. The standard InChI is InChI=1S/C14H18I/c1-5-11(4)13-7-12(6-10(2)3)8-14(15)9-13/h5,7-10H,1,6H2,2-4H3. The molecule has 81 valence electrons. The van der Waals surface area contributed by atoms with Gasteiger partial charge in [-0.15, -0.1) is 6.58 Å². The summed E-state index contributed by atoms with van der Waals surface area (Å²) in [5.74, 6) is 1.96. The number of benzene rings is 1.